The monoisotopic (exact) mass is 156 g/mol. The van der Waals surface area contributed by atoms with Crippen molar-refractivity contribution >= 4 is 12.2 Å². The summed E-state index contributed by atoms with van der Waals surface area (Å²) >= 11 is 0. The van der Waals surface area contributed by atoms with Crippen molar-refractivity contribution in [2.75, 3.05) is 0 Å². The predicted octanol–water partition coefficient (Wildman–Crippen LogP) is 0.826. The summed E-state index contributed by atoms with van der Waals surface area (Å²) in [4.78, 5) is 0. The Morgan fingerprint density at radius 3 is 2.64 bits per heavy atom. The summed E-state index contributed by atoms with van der Waals surface area (Å²) in [5.41, 5.74) is 10.1. The number of guanidine groups is 1. The third-order valence-electron chi connectivity index (χ3n) is 1.19. The number of hydrogen-bond acceptors (Lipinski definition) is 2. The summed E-state index contributed by atoms with van der Waals surface area (Å²) in [5, 5.41) is 7.12. The van der Waals surface area contributed by atoms with Gasteiger partial charge in [0.05, 0.1) is 0 Å². The van der Waals surface area contributed by atoms with E-state index in [0.717, 1.165) is 12.8 Å². The highest BCUT2D eigenvalue weighted by Gasteiger charge is 1.81. The quantitative estimate of drug-likeness (QED) is 0.267. The molecule has 0 saturated carbocycles. The first-order valence-corrected chi connectivity index (χ1v) is 3.87. The van der Waals surface area contributed by atoms with Gasteiger partial charge in [-0.2, -0.15) is 5.10 Å². The zero-order chi connectivity index (χ0) is 8.53. The standard InChI is InChI=1S/C7H16N4/c1-2-3-4-5-6-10-11-7(8)9/h6H,2-5H2,1H3,(H4,8,9,11)/b10-6+. The number of nitrogens with zero attached hydrogens (tertiary/aromatic N) is 2. The van der Waals surface area contributed by atoms with E-state index in [-0.39, 0.29) is 5.96 Å². The Morgan fingerprint density at radius 1 is 1.36 bits per heavy atom. The normalized spacial score (nSPS) is 10.3. The van der Waals surface area contributed by atoms with Crippen molar-refractivity contribution in [1.29, 1.82) is 0 Å². The first-order chi connectivity index (χ1) is 5.27. The molecular weight excluding hydrogens is 140 g/mol. The molecule has 0 aromatic rings. The van der Waals surface area contributed by atoms with Crippen LogP contribution in [-0.4, -0.2) is 12.2 Å². The minimum Gasteiger partial charge on any atom is -0.369 e. The third-order valence-corrected chi connectivity index (χ3v) is 1.19. The molecule has 0 heterocycles. The molecule has 4 nitrogen and oxygen atoms in total. The van der Waals surface area contributed by atoms with Crippen LogP contribution in [0.1, 0.15) is 32.6 Å². The molecule has 0 aromatic heterocycles. The Kier molecular flexibility index (Phi) is 6.37. The van der Waals surface area contributed by atoms with E-state index in [1.807, 2.05) is 0 Å². The van der Waals surface area contributed by atoms with Crippen molar-refractivity contribution in [3.05, 3.63) is 0 Å². The highest BCUT2D eigenvalue weighted by molar-refractivity contribution is 5.76. The van der Waals surface area contributed by atoms with Crippen molar-refractivity contribution in [3.8, 4) is 0 Å². The Morgan fingerprint density at radius 2 is 2.09 bits per heavy atom. The van der Waals surface area contributed by atoms with Crippen LogP contribution >= 0.6 is 0 Å². The third kappa shape index (κ3) is 8.94. The Labute approximate surface area is 67.4 Å². The molecule has 0 rings (SSSR count). The van der Waals surface area contributed by atoms with Gasteiger partial charge in [0.15, 0.2) is 0 Å². The molecule has 0 spiro atoms. The van der Waals surface area contributed by atoms with Crippen LogP contribution < -0.4 is 11.5 Å². The van der Waals surface area contributed by atoms with Crippen LogP contribution in [-0.2, 0) is 0 Å². The molecule has 0 fully saturated rings. The molecule has 0 bridgehead atoms. The maximum Gasteiger partial charge on any atom is 0.211 e. The van der Waals surface area contributed by atoms with Gasteiger partial charge in [-0.1, -0.05) is 19.8 Å². The van der Waals surface area contributed by atoms with Crippen LogP contribution in [0.4, 0.5) is 0 Å². The fraction of sp³-hybridized carbons (Fsp3) is 0.714. The van der Waals surface area contributed by atoms with Crippen LogP contribution in [0.2, 0.25) is 0 Å². The van der Waals surface area contributed by atoms with Crippen molar-refractivity contribution in [2.45, 2.75) is 32.6 Å². The zero-order valence-electron chi connectivity index (χ0n) is 6.95. The summed E-state index contributed by atoms with van der Waals surface area (Å²) in [5.74, 6) is 0.0109. The van der Waals surface area contributed by atoms with Gasteiger partial charge in [0.2, 0.25) is 5.96 Å². The van der Waals surface area contributed by atoms with Gasteiger partial charge < -0.3 is 11.5 Å². The molecule has 0 unspecified atom stereocenters. The van der Waals surface area contributed by atoms with Crippen LogP contribution in [0.5, 0.6) is 0 Å². The minimum atomic E-state index is 0.0109. The van der Waals surface area contributed by atoms with E-state index in [1.165, 1.54) is 12.8 Å². The Balaban J connectivity index is 3.23. The molecule has 0 aliphatic heterocycles. The summed E-state index contributed by atoms with van der Waals surface area (Å²) < 4.78 is 0. The topological polar surface area (TPSA) is 76.8 Å². The van der Waals surface area contributed by atoms with Gasteiger partial charge in [-0.15, -0.1) is 5.10 Å². The first-order valence-electron chi connectivity index (χ1n) is 3.87. The predicted molar refractivity (Wildman–Crippen MR) is 48.4 cm³/mol. The molecule has 64 valence electrons. The molecule has 4 heteroatoms. The lowest BCUT2D eigenvalue weighted by molar-refractivity contribution is 0.745. The van der Waals surface area contributed by atoms with E-state index in [9.17, 15) is 0 Å². The van der Waals surface area contributed by atoms with E-state index in [1.54, 1.807) is 6.21 Å². The van der Waals surface area contributed by atoms with Gasteiger partial charge >= 0.3 is 0 Å². The van der Waals surface area contributed by atoms with Gasteiger partial charge in [0, 0.05) is 6.21 Å². The number of unbranched alkanes of at least 4 members (excludes halogenated alkanes) is 3. The molecule has 11 heavy (non-hydrogen) atoms. The summed E-state index contributed by atoms with van der Waals surface area (Å²) in [7, 11) is 0. The maximum absolute atomic E-state index is 5.05. The minimum absolute atomic E-state index is 0.0109. The molecule has 0 aliphatic carbocycles. The average molecular weight is 156 g/mol. The van der Waals surface area contributed by atoms with E-state index in [4.69, 9.17) is 11.5 Å². The Bertz CT molecular complexity index is 135. The summed E-state index contributed by atoms with van der Waals surface area (Å²) in [6, 6.07) is 0. The molecule has 0 aliphatic rings. The van der Waals surface area contributed by atoms with E-state index in [2.05, 4.69) is 17.1 Å². The van der Waals surface area contributed by atoms with Crippen LogP contribution in [0.3, 0.4) is 0 Å². The van der Waals surface area contributed by atoms with E-state index >= 15 is 0 Å². The lowest BCUT2D eigenvalue weighted by Gasteiger charge is -1.89. The van der Waals surface area contributed by atoms with Crippen LogP contribution in [0, 0.1) is 0 Å². The van der Waals surface area contributed by atoms with Gasteiger partial charge in [-0.05, 0) is 12.8 Å². The molecule has 0 amide bonds. The first kappa shape index (κ1) is 9.94. The largest absolute Gasteiger partial charge is 0.369 e. The fourth-order valence-corrected chi connectivity index (χ4v) is 0.651. The number of rotatable bonds is 5. The van der Waals surface area contributed by atoms with Gasteiger partial charge in [-0.3, -0.25) is 0 Å². The lowest BCUT2D eigenvalue weighted by Crippen LogP contribution is -2.21. The number of hydrogen-bond donors (Lipinski definition) is 2. The summed E-state index contributed by atoms with van der Waals surface area (Å²) in [6.07, 6.45) is 6.28. The van der Waals surface area contributed by atoms with Crippen LogP contribution in [0.15, 0.2) is 10.2 Å². The summed E-state index contributed by atoms with van der Waals surface area (Å²) in [6.45, 7) is 2.16. The Hall–Kier alpha value is -1.06. The van der Waals surface area contributed by atoms with Crippen LogP contribution in [0.25, 0.3) is 0 Å². The molecule has 4 N–H and O–H groups in total. The average Bonchev–Trinajstić information content (AvgIpc) is 1.96. The SMILES string of the molecule is CCCCC/C=N/N=C(N)N. The molecule has 0 aromatic carbocycles. The second-order valence-electron chi connectivity index (χ2n) is 2.32. The lowest BCUT2D eigenvalue weighted by atomic mass is 10.2. The van der Waals surface area contributed by atoms with Gasteiger partial charge in [0.1, 0.15) is 0 Å². The second-order valence-corrected chi connectivity index (χ2v) is 2.32. The fourth-order valence-electron chi connectivity index (χ4n) is 0.651. The maximum atomic E-state index is 5.05. The van der Waals surface area contributed by atoms with Crippen molar-refractivity contribution in [2.24, 2.45) is 21.7 Å². The molecular formula is C7H16N4. The van der Waals surface area contributed by atoms with E-state index in [0.29, 0.717) is 0 Å². The zero-order valence-corrected chi connectivity index (χ0v) is 6.95. The van der Waals surface area contributed by atoms with Gasteiger partial charge in [-0.25, -0.2) is 0 Å². The van der Waals surface area contributed by atoms with Crippen molar-refractivity contribution in [1.82, 2.24) is 0 Å². The van der Waals surface area contributed by atoms with E-state index < -0.39 is 0 Å². The molecule has 0 saturated heterocycles. The van der Waals surface area contributed by atoms with Gasteiger partial charge in [0.25, 0.3) is 0 Å². The van der Waals surface area contributed by atoms with Crippen molar-refractivity contribution < 1.29 is 0 Å². The second kappa shape index (κ2) is 7.05. The van der Waals surface area contributed by atoms with Crippen molar-refractivity contribution in [3.63, 3.8) is 0 Å². The molecule has 0 atom stereocenters. The smallest absolute Gasteiger partial charge is 0.211 e. The number of nitrogens with two attached hydrogens (primary N) is 2. The molecule has 0 radical (unpaired) electrons. The highest BCUT2D eigenvalue weighted by atomic mass is 15.3. The highest BCUT2D eigenvalue weighted by Crippen LogP contribution is 1.95.